The summed E-state index contributed by atoms with van der Waals surface area (Å²) in [5.41, 5.74) is 3.77. The maximum Gasteiger partial charge on any atom is 0.248 e. The van der Waals surface area contributed by atoms with Gasteiger partial charge in [0.15, 0.2) is 0 Å². The number of amides is 1. The SMILES string of the molecule is CCN1CCN(c2ccc(NC(=O)/C=C/c3ccc(F)c(Cl)c3)cc2C)CC1. The van der Waals surface area contributed by atoms with Crippen molar-refractivity contribution in [2.24, 2.45) is 0 Å². The number of benzene rings is 2. The van der Waals surface area contributed by atoms with Gasteiger partial charge in [-0.2, -0.15) is 0 Å². The zero-order chi connectivity index (χ0) is 20.1. The molecule has 0 aromatic heterocycles. The maximum absolute atomic E-state index is 13.2. The number of carbonyl (C=O) groups excluding carboxylic acids is 1. The highest BCUT2D eigenvalue weighted by Crippen LogP contribution is 2.25. The summed E-state index contributed by atoms with van der Waals surface area (Å²) in [5, 5.41) is 2.90. The monoisotopic (exact) mass is 401 g/mol. The molecule has 0 spiro atoms. The number of hydrogen-bond donors (Lipinski definition) is 1. The molecule has 28 heavy (non-hydrogen) atoms. The number of aryl methyl sites for hydroxylation is 1. The first kappa shape index (κ1) is 20.4. The number of hydrogen-bond acceptors (Lipinski definition) is 3. The minimum Gasteiger partial charge on any atom is -0.369 e. The Kier molecular flexibility index (Phi) is 6.70. The van der Waals surface area contributed by atoms with Crippen LogP contribution in [-0.4, -0.2) is 43.5 Å². The van der Waals surface area contributed by atoms with Crippen molar-refractivity contribution in [3.05, 3.63) is 64.4 Å². The molecule has 148 valence electrons. The van der Waals surface area contributed by atoms with E-state index in [1.807, 2.05) is 12.1 Å². The third-order valence-electron chi connectivity index (χ3n) is 5.00. The van der Waals surface area contributed by atoms with Crippen LogP contribution in [0, 0.1) is 12.7 Å². The second-order valence-corrected chi connectivity index (χ2v) is 7.33. The van der Waals surface area contributed by atoms with Crippen LogP contribution in [0.15, 0.2) is 42.5 Å². The van der Waals surface area contributed by atoms with E-state index in [-0.39, 0.29) is 10.9 Å². The van der Waals surface area contributed by atoms with Crippen molar-refractivity contribution in [2.75, 3.05) is 42.9 Å². The van der Waals surface area contributed by atoms with Crippen molar-refractivity contribution in [3.63, 3.8) is 0 Å². The summed E-state index contributed by atoms with van der Waals surface area (Å²) >= 11 is 5.76. The summed E-state index contributed by atoms with van der Waals surface area (Å²) in [6.07, 6.45) is 3.02. The van der Waals surface area contributed by atoms with Gasteiger partial charge in [-0.05, 0) is 61.0 Å². The molecular formula is C22H25ClFN3O. The molecule has 0 atom stereocenters. The highest BCUT2D eigenvalue weighted by atomic mass is 35.5. The molecule has 4 nitrogen and oxygen atoms in total. The molecule has 1 aliphatic heterocycles. The first-order valence-corrected chi connectivity index (χ1v) is 9.86. The Balaban J connectivity index is 1.61. The number of nitrogens with one attached hydrogen (secondary N) is 1. The molecule has 0 saturated carbocycles. The number of carbonyl (C=O) groups is 1. The van der Waals surface area contributed by atoms with Crippen molar-refractivity contribution in [1.29, 1.82) is 0 Å². The van der Waals surface area contributed by atoms with Gasteiger partial charge < -0.3 is 15.1 Å². The lowest BCUT2D eigenvalue weighted by Crippen LogP contribution is -2.46. The predicted molar refractivity (Wildman–Crippen MR) is 115 cm³/mol. The molecule has 1 amide bonds. The molecule has 1 aliphatic rings. The topological polar surface area (TPSA) is 35.6 Å². The van der Waals surface area contributed by atoms with E-state index in [4.69, 9.17) is 11.6 Å². The van der Waals surface area contributed by atoms with E-state index in [9.17, 15) is 9.18 Å². The Labute approximate surface area is 170 Å². The quantitative estimate of drug-likeness (QED) is 0.745. The Morgan fingerprint density at radius 2 is 1.93 bits per heavy atom. The molecule has 2 aromatic carbocycles. The van der Waals surface area contributed by atoms with Crippen LogP contribution in [0.5, 0.6) is 0 Å². The molecule has 1 saturated heterocycles. The highest BCUT2D eigenvalue weighted by Gasteiger charge is 2.17. The molecule has 0 bridgehead atoms. The highest BCUT2D eigenvalue weighted by molar-refractivity contribution is 6.30. The number of anilines is 2. The van der Waals surface area contributed by atoms with Crippen molar-refractivity contribution in [2.45, 2.75) is 13.8 Å². The molecule has 6 heteroatoms. The van der Waals surface area contributed by atoms with E-state index in [2.05, 4.69) is 35.0 Å². The molecule has 0 aliphatic carbocycles. The van der Waals surface area contributed by atoms with Crippen LogP contribution in [0.3, 0.4) is 0 Å². The minimum atomic E-state index is -0.477. The zero-order valence-corrected chi connectivity index (χ0v) is 17.0. The molecule has 1 fully saturated rings. The summed E-state index contributed by atoms with van der Waals surface area (Å²) in [6.45, 7) is 9.53. The first-order valence-electron chi connectivity index (χ1n) is 9.48. The maximum atomic E-state index is 13.2. The summed E-state index contributed by atoms with van der Waals surface area (Å²) in [4.78, 5) is 17.0. The van der Waals surface area contributed by atoms with Crippen LogP contribution in [0.25, 0.3) is 6.08 Å². The lowest BCUT2D eigenvalue weighted by atomic mass is 10.1. The standard InChI is InChI=1S/C22H25ClFN3O/c1-3-26-10-12-27(13-11-26)21-8-6-18(14-16(21)2)25-22(28)9-5-17-4-7-20(24)19(23)15-17/h4-9,14-15H,3,10-13H2,1-2H3,(H,25,28)/b9-5+. The Hall–Kier alpha value is -2.37. The fraction of sp³-hybridized carbons (Fsp3) is 0.318. The lowest BCUT2D eigenvalue weighted by molar-refractivity contribution is -0.111. The van der Waals surface area contributed by atoms with Crippen LogP contribution in [-0.2, 0) is 4.79 Å². The average Bonchev–Trinajstić information content (AvgIpc) is 2.69. The normalized spacial score (nSPS) is 15.2. The fourth-order valence-corrected chi connectivity index (χ4v) is 3.55. The van der Waals surface area contributed by atoms with Gasteiger partial charge >= 0.3 is 0 Å². The Morgan fingerprint density at radius 3 is 2.57 bits per heavy atom. The van der Waals surface area contributed by atoms with Crippen molar-refractivity contribution < 1.29 is 9.18 Å². The molecule has 0 unspecified atom stereocenters. The zero-order valence-electron chi connectivity index (χ0n) is 16.2. The minimum absolute atomic E-state index is 0.0357. The number of nitrogens with zero attached hydrogens (tertiary/aromatic N) is 2. The molecule has 0 radical (unpaired) electrons. The number of halogens is 2. The van der Waals surface area contributed by atoms with Crippen LogP contribution >= 0.6 is 11.6 Å². The smallest absolute Gasteiger partial charge is 0.248 e. The number of likely N-dealkylation sites (N-methyl/N-ethyl adjacent to an activating group) is 1. The van der Waals surface area contributed by atoms with Crippen LogP contribution in [0.2, 0.25) is 5.02 Å². The van der Waals surface area contributed by atoms with Gasteiger partial charge in [-0.1, -0.05) is 24.6 Å². The largest absolute Gasteiger partial charge is 0.369 e. The van der Waals surface area contributed by atoms with E-state index < -0.39 is 5.82 Å². The van der Waals surface area contributed by atoms with Crippen molar-refractivity contribution >= 4 is 35.0 Å². The average molecular weight is 402 g/mol. The molecule has 3 rings (SSSR count). The van der Waals surface area contributed by atoms with E-state index in [1.165, 1.54) is 23.9 Å². The summed E-state index contributed by atoms with van der Waals surface area (Å²) in [5.74, 6) is -0.723. The summed E-state index contributed by atoms with van der Waals surface area (Å²) in [7, 11) is 0. The van der Waals surface area contributed by atoms with Crippen molar-refractivity contribution in [3.8, 4) is 0 Å². The van der Waals surface area contributed by atoms with E-state index in [0.717, 1.165) is 44.0 Å². The van der Waals surface area contributed by atoms with Crippen LogP contribution in [0.1, 0.15) is 18.1 Å². The first-order chi connectivity index (χ1) is 13.5. The fourth-order valence-electron chi connectivity index (χ4n) is 3.36. The molecular weight excluding hydrogens is 377 g/mol. The molecule has 1 heterocycles. The van der Waals surface area contributed by atoms with Gasteiger partial charge in [0, 0.05) is 43.6 Å². The lowest BCUT2D eigenvalue weighted by Gasteiger charge is -2.36. The predicted octanol–water partition coefficient (Wildman–Crippen LogP) is 4.58. The Bertz CT molecular complexity index is 876. The van der Waals surface area contributed by atoms with Crippen molar-refractivity contribution in [1.82, 2.24) is 4.90 Å². The van der Waals surface area contributed by atoms with Gasteiger partial charge in [0.05, 0.1) is 5.02 Å². The third kappa shape index (κ3) is 5.12. The molecule has 1 N–H and O–H groups in total. The van der Waals surface area contributed by atoms with Gasteiger partial charge in [-0.15, -0.1) is 0 Å². The van der Waals surface area contributed by atoms with E-state index in [0.29, 0.717) is 5.56 Å². The number of piperazine rings is 1. The molecule has 2 aromatic rings. The number of rotatable bonds is 5. The van der Waals surface area contributed by atoms with E-state index in [1.54, 1.807) is 12.1 Å². The summed E-state index contributed by atoms with van der Waals surface area (Å²) in [6, 6.07) is 10.3. The van der Waals surface area contributed by atoms with E-state index >= 15 is 0 Å². The Morgan fingerprint density at radius 1 is 1.18 bits per heavy atom. The summed E-state index contributed by atoms with van der Waals surface area (Å²) < 4.78 is 13.2. The van der Waals surface area contributed by atoms with Gasteiger partial charge in [0.2, 0.25) is 5.91 Å². The van der Waals surface area contributed by atoms with Crippen LogP contribution < -0.4 is 10.2 Å². The second kappa shape index (κ2) is 9.22. The van der Waals surface area contributed by atoms with Gasteiger partial charge in [0.25, 0.3) is 0 Å². The third-order valence-corrected chi connectivity index (χ3v) is 5.28. The van der Waals surface area contributed by atoms with Gasteiger partial charge in [-0.3, -0.25) is 4.79 Å². The second-order valence-electron chi connectivity index (χ2n) is 6.92. The van der Waals surface area contributed by atoms with Gasteiger partial charge in [0.1, 0.15) is 5.82 Å². The van der Waals surface area contributed by atoms with Gasteiger partial charge in [-0.25, -0.2) is 4.39 Å². The van der Waals surface area contributed by atoms with Crippen LogP contribution in [0.4, 0.5) is 15.8 Å².